The van der Waals surface area contributed by atoms with Gasteiger partial charge in [-0.05, 0) is 18.2 Å². The number of nitrogen functional groups attached to an aromatic ring is 1. The van der Waals surface area contributed by atoms with Crippen molar-refractivity contribution < 1.29 is 9.84 Å². The third-order valence-electron chi connectivity index (χ3n) is 1.59. The van der Waals surface area contributed by atoms with Gasteiger partial charge in [0.1, 0.15) is 18.2 Å². The van der Waals surface area contributed by atoms with Gasteiger partial charge in [0, 0.05) is 5.56 Å². The summed E-state index contributed by atoms with van der Waals surface area (Å²) in [4.78, 5) is 0. The van der Waals surface area contributed by atoms with Crippen LogP contribution in [0.5, 0.6) is 5.75 Å². The van der Waals surface area contributed by atoms with Crippen molar-refractivity contribution in [2.75, 3.05) is 13.2 Å². The van der Waals surface area contributed by atoms with E-state index in [4.69, 9.17) is 32.6 Å². The minimum absolute atomic E-state index is 0.0495. The second kappa shape index (κ2) is 4.83. The summed E-state index contributed by atoms with van der Waals surface area (Å²) in [6, 6.07) is 4.82. The summed E-state index contributed by atoms with van der Waals surface area (Å²) in [6.45, 7) is 0.168. The molecule has 0 aromatic heterocycles. The Bertz CT molecular complexity index is 342. The molecule has 0 aliphatic heterocycles. The maximum absolute atomic E-state index is 8.53. The van der Waals surface area contributed by atoms with Crippen LogP contribution in [-0.2, 0) is 0 Å². The number of amidine groups is 1. The largest absolute Gasteiger partial charge is 0.491 e. The van der Waals surface area contributed by atoms with Gasteiger partial charge in [0.05, 0.1) is 11.6 Å². The number of benzene rings is 1. The first-order valence-corrected chi connectivity index (χ1v) is 4.40. The fourth-order valence-corrected chi connectivity index (χ4v) is 1.24. The van der Waals surface area contributed by atoms with Gasteiger partial charge in [-0.3, -0.25) is 5.41 Å². The monoisotopic (exact) mass is 214 g/mol. The van der Waals surface area contributed by atoms with Crippen molar-refractivity contribution in [2.24, 2.45) is 5.73 Å². The topological polar surface area (TPSA) is 79.3 Å². The zero-order chi connectivity index (χ0) is 10.6. The first kappa shape index (κ1) is 10.8. The van der Waals surface area contributed by atoms with E-state index in [1.807, 2.05) is 0 Å². The van der Waals surface area contributed by atoms with Crippen LogP contribution >= 0.6 is 11.6 Å². The van der Waals surface area contributed by atoms with Crippen LogP contribution in [0.4, 0.5) is 0 Å². The van der Waals surface area contributed by atoms with Crippen LogP contribution in [0.1, 0.15) is 5.56 Å². The fraction of sp³-hybridized carbons (Fsp3) is 0.222. The molecule has 0 aliphatic carbocycles. The predicted octanol–water partition coefficient (Wildman–Crippen LogP) is 0.995. The zero-order valence-corrected chi connectivity index (χ0v) is 8.21. The molecule has 0 atom stereocenters. The molecule has 14 heavy (non-hydrogen) atoms. The van der Waals surface area contributed by atoms with Gasteiger partial charge in [-0.25, -0.2) is 0 Å². The van der Waals surface area contributed by atoms with E-state index in [0.717, 1.165) is 0 Å². The third kappa shape index (κ3) is 2.61. The smallest absolute Gasteiger partial charge is 0.124 e. The number of hydrogen-bond acceptors (Lipinski definition) is 3. The summed E-state index contributed by atoms with van der Waals surface area (Å²) in [6.07, 6.45) is 0. The molecule has 4 N–H and O–H groups in total. The second-order valence-corrected chi connectivity index (χ2v) is 3.03. The van der Waals surface area contributed by atoms with Crippen molar-refractivity contribution in [3.8, 4) is 5.75 Å². The number of nitrogens with two attached hydrogens (primary N) is 1. The van der Waals surface area contributed by atoms with Crippen molar-refractivity contribution in [3.63, 3.8) is 0 Å². The minimum atomic E-state index is -0.0799. The highest BCUT2D eigenvalue weighted by Gasteiger charge is 2.04. The Labute approximate surface area is 86.8 Å². The number of hydrogen-bond donors (Lipinski definition) is 3. The van der Waals surface area contributed by atoms with Crippen molar-refractivity contribution in [1.82, 2.24) is 0 Å². The molecule has 1 rings (SSSR count). The normalized spacial score (nSPS) is 9.86. The number of aliphatic hydroxyl groups excluding tert-OH is 1. The van der Waals surface area contributed by atoms with Gasteiger partial charge in [0.2, 0.25) is 0 Å². The number of nitrogens with one attached hydrogen (secondary N) is 1. The van der Waals surface area contributed by atoms with Gasteiger partial charge in [0.25, 0.3) is 0 Å². The molecule has 0 unspecified atom stereocenters. The zero-order valence-electron chi connectivity index (χ0n) is 7.46. The molecule has 0 aliphatic rings. The van der Waals surface area contributed by atoms with E-state index in [-0.39, 0.29) is 19.0 Å². The lowest BCUT2D eigenvalue weighted by Crippen LogP contribution is -2.11. The van der Waals surface area contributed by atoms with Crippen LogP contribution < -0.4 is 10.5 Å². The highest BCUT2D eigenvalue weighted by Crippen LogP contribution is 2.21. The molecule has 5 heteroatoms. The Morgan fingerprint density at radius 1 is 1.57 bits per heavy atom. The molecule has 0 spiro atoms. The van der Waals surface area contributed by atoms with Crippen LogP contribution in [0.15, 0.2) is 18.2 Å². The van der Waals surface area contributed by atoms with Crippen LogP contribution in [0.2, 0.25) is 5.02 Å². The van der Waals surface area contributed by atoms with Crippen LogP contribution in [0.25, 0.3) is 0 Å². The van der Waals surface area contributed by atoms with Crippen LogP contribution in [-0.4, -0.2) is 24.2 Å². The van der Waals surface area contributed by atoms with Gasteiger partial charge >= 0.3 is 0 Å². The molecule has 0 saturated carbocycles. The van der Waals surface area contributed by atoms with Crippen molar-refractivity contribution in [2.45, 2.75) is 0 Å². The first-order valence-electron chi connectivity index (χ1n) is 4.02. The van der Waals surface area contributed by atoms with E-state index in [1.165, 1.54) is 0 Å². The Morgan fingerprint density at radius 2 is 2.29 bits per heavy atom. The molecule has 0 saturated heterocycles. The summed E-state index contributed by atoms with van der Waals surface area (Å²) in [5.41, 5.74) is 5.76. The third-order valence-corrected chi connectivity index (χ3v) is 1.90. The van der Waals surface area contributed by atoms with Crippen molar-refractivity contribution in [1.29, 1.82) is 5.41 Å². The molecular weight excluding hydrogens is 204 g/mol. The Kier molecular flexibility index (Phi) is 3.73. The maximum Gasteiger partial charge on any atom is 0.124 e. The average molecular weight is 215 g/mol. The first-order chi connectivity index (χ1) is 6.65. The summed E-state index contributed by atoms with van der Waals surface area (Å²) in [5.74, 6) is 0.470. The lowest BCUT2D eigenvalue weighted by molar-refractivity contribution is 0.201. The predicted molar refractivity (Wildman–Crippen MR) is 55.0 cm³/mol. The van der Waals surface area contributed by atoms with E-state index < -0.39 is 0 Å². The maximum atomic E-state index is 8.53. The fourth-order valence-electron chi connectivity index (χ4n) is 0.968. The van der Waals surface area contributed by atoms with Gasteiger partial charge in [-0.15, -0.1) is 0 Å². The molecular formula is C9H11ClN2O2. The SMILES string of the molecule is N=C(N)c1ccc(OCCO)cc1Cl. The second-order valence-electron chi connectivity index (χ2n) is 2.63. The van der Waals surface area contributed by atoms with E-state index in [9.17, 15) is 0 Å². The van der Waals surface area contributed by atoms with Crippen molar-refractivity contribution in [3.05, 3.63) is 28.8 Å². The molecule has 0 bridgehead atoms. The lowest BCUT2D eigenvalue weighted by atomic mass is 10.2. The molecule has 0 radical (unpaired) electrons. The highest BCUT2D eigenvalue weighted by molar-refractivity contribution is 6.34. The van der Waals surface area contributed by atoms with Crippen molar-refractivity contribution >= 4 is 17.4 Å². The van der Waals surface area contributed by atoms with Gasteiger partial charge in [0.15, 0.2) is 0 Å². The standard InChI is InChI=1S/C9H11ClN2O2/c10-8-5-6(14-4-3-13)1-2-7(8)9(11)12/h1-2,5,13H,3-4H2,(H3,11,12). The van der Waals surface area contributed by atoms with Gasteiger partial charge < -0.3 is 15.6 Å². The number of halogens is 1. The average Bonchev–Trinajstić information content (AvgIpc) is 2.14. The number of aliphatic hydroxyl groups is 1. The Morgan fingerprint density at radius 3 is 2.79 bits per heavy atom. The summed E-state index contributed by atoms with van der Waals surface area (Å²) < 4.78 is 5.12. The molecule has 76 valence electrons. The summed E-state index contributed by atoms with van der Waals surface area (Å²) in [7, 11) is 0. The van der Waals surface area contributed by atoms with E-state index >= 15 is 0 Å². The highest BCUT2D eigenvalue weighted by atomic mass is 35.5. The molecule has 0 amide bonds. The lowest BCUT2D eigenvalue weighted by Gasteiger charge is -2.06. The van der Waals surface area contributed by atoms with Crippen LogP contribution in [0.3, 0.4) is 0 Å². The molecule has 1 aromatic rings. The quantitative estimate of drug-likeness (QED) is 0.517. The molecule has 0 fully saturated rings. The van der Waals surface area contributed by atoms with Gasteiger partial charge in [-0.1, -0.05) is 11.6 Å². The molecule has 0 heterocycles. The van der Waals surface area contributed by atoms with E-state index in [1.54, 1.807) is 18.2 Å². The summed E-state index contributed by atoms with van der Waals surface area (Å²) >= 11 is 5.84. The molecule has 1 aromatic carbocycles. The van der Waals surface area contributed by atoms with Crippen LogP contribution in [0, 0.1) is 5.41 Å². The van der Waals surface area contributed by atoms with Gasteiger partial charge in [-0.2, -0.15) is 0 Å². The minimum Gasteiger partial charge on any atom is -0.491 e. The summed E-state index contributed by atoms with van der Waals surface area (Å²) in [5, 5.41) is 16.1. The molecule has 4 nitrogen and oxygen atoms in total. The van der Waals surface area contributed by atoms with E-state index in [2.05, 4.69) is 0 Å². The number of rotatable bonds is 4. The Balaban J connectivity index is 2.83. The Hall–Kier alpha value is -1.26. The van der Waals surface area contributed by atoms with E-state index in [0.29, 0.717) is 16.3 Å². The number of ether oxygens (including phenoxy) is 1.